The maximum absolute atomic E-state index is 14.4. The minimum absolute atomic E-state index is 0.0107. The number of benzene rings is 1. The van der Waals surface area contributed by atoms with E-state index in [-0.39, 0.29) is 28.2 Å². The molecule has 1 aromatic carbocycles. The molecule has 0 spiro atoms. The van der Waals surface area contributed by atoms with Crippen molar-refractivity contribution in [3.05, 3.63) is 58.3 Å². The van der Waals surface area contributed by atoms with Crippen LogP contribution in [0.4, 0.5) is 13.8 Å². The van der Waals surface area contributed by atoms with E-state index in [0.717, 1.165) is 17.4 Å². The van der Waals surface area contributed by atoms with Crippen LogP contribution in [-0.2, 0) is 15.6 Å². The number of anilines is 1. The van der Waals surface area contributed by atoms with Crippen molar-refractivity contribution in [3.8, 4) is 0 Å². The third-order valence-electron chi connectivity index (χ3n) is 4.69. The Morgan fingerprint density at radius 3 is 2.75 bits per heavy atom. The molecule has 0 aliphatic carbocycles. The van der Waals surface area contributed by atoms with Crippen LogP contribution in [0.1, 0.15) is 5.56 Å². The predicted octanol–water partition coefficient (Wildman–Crippen LogP) is 2.22. The molecule has 148 valence electrons. The van der Waals surface area contributed by atoms with Crippen LogP contribution in [0, 0.1) is 5.82 Å². The average molecular weight is 426 g/mol. The predicted molar refractivity (Wildman–Crippen MR) is 103 cm³/mol. The van der Waals surface area contributed by atoms with Gasteiger partial charge in [-0.1, -0.05) is 0 Å². The van der Waals surface area contributed by atoms with Crippen molar-refractivity contribution in [3.63, 3.8) is 0 Å². The van der Waals surface area contributed by atoms with E-state index >= 15 is 0 Å². The van der Waals surface area contributed by atoms with Crippen molar-refractivity contribution in [2.45, 2.75) is 22.2 Å². The smallest absolute Gasteiger partial charge is 0.255 e. The zero-order chi connectivity index (χ0) is 20.1. The van der Waals surface area contributed by atoms with E-state index in [2.05, 4.69) is 4.98 Å². The molecule has 0 radical (unpaired) electrons. The minimum atomic E-state index is -3.87. The fourth-order valence-electron chi connectivity index (χ4n) is 3.21. The fraction of sp³-hybridized carbons (Fsp3) is 0.278. The Kier molecular flexibility index (Phi) is 4.72. The summed E-state index contributed by atoms with van der Waals surface area (Å²) in [5.74, 6) is -1.31. The normalized spacial score (nSPS) is 20.2. The number of aliphatic hydroxyl groups excluding tert-OH is 1. The lowest BCUT2D eigenvalue weighted by Crippen LogP contribution is -2.20. The van der Waals surface area contributed by atoms with Gasteiger partial charge in [0.15, 0.2) is 9.84 Å². The van der Waals surface area contributed by atoms with Gasteiger partial charge in [-0.05, 0) is 35.7 Å². The van der Waals surface area contributed by atoms with Crippen molar-refractivity contribution < 1.29 is 22.3 Å². The maximum Gasteiger partial charge on any atom is 0.255 e. The van der Waals surface area contributed by atoms with Crippen LogP contribution in [-0.4, -0.2) is 43.9 Å². The number of aromatic amines is 1. The summed E-state index contributed by atoms with van der Waals surface area (Å²) in [6, 6.07) is 6.86. The van der Waals surface area contributed by atoms with Crippen LogP contribution < -0.4 is 10.5 Å². The Labute approximate surface area is 163 Å². The monoisotopic (exact) mass is 426 g/mol. The first kappa shape index (κ1) is 19.0. The van der Waals surface area contributed by atoms with Crippen LogP contribution in [0.5, 0.6) is 0 Å². The summed E-state index contributed by atoms with van der Waals surface area (Å²) in [6.07, 6.45) is -1.09. The SMILES string of the molecule is O=c1[nH]ccc2cc(F)c(CS(=O)(=O)c3ccc(N4C[C@H](O)[C@@H](F)C4)s3)cc12. The van der Waals surface area contributed by atoms with E-state index in [1.807, 2.05) is 0 Å². The minimum Gasteiger partial charge on any atom is -0.388 e. The van der Waals surface area contributed by atoms with Crippen molar-refractivity contribution in [1.29, 1.82) is 0 Å². The summed E-state index contributed by atoms with van der Waals surface area (Å²) < 4.78 is 53.4. The molecule has 10 heteroatoms. The zero-order valence-corrected chi connectivity index (χ0v) is 16.1. The third kappa shape index (κ3) is 3.43. The molecule has 2 atom stereocenters. The highest BCUT2D eigenvalue weighted by atomic mass is 32.2. The van der Waals surface area contributed by atoms with Crippen molar-refractivity contribution in [1.82, 2.24) is 4.98 Å². The lowest BCUT2D eigenvalue weighted by Gasteiger charge is -2.14. The molecule has 1 aliphatic rings. The Balaban J connectivity index is 1.63. The number of β-amino-alcohol motifs (C(OH)–C–C–N with tert-alkyl or cyclic N) is 1. The molecule has 0 amide bonds. The van der Waals surface area contributed by atoms with Crippen molar-refractivity contribution >= 4 is 36.9 Å². The summed E-state index contributed by atoms with van der Waals surface area (Å²) in [4.78, 5) is 16.0. The summed E-state index contributed by atoms with van der Waals surface area (Å²) in [5.41, 5.74) is -0.525. The number of sulfone groups is 1. The topological polar surface area (TPSA) is 90.5 Å². The Hall–Kier alpha value is -2.30. The lowest BCUT2D eigenvalue weighted by molar-refractivity contribution is 0.118. The van der Waals surface area contributed by atoms with Crippen molar-refractivity contribution in [2.24, 2.45) is 0 Å². The van der Waals surface area contributed by atoms with Gasteiger partial charge in [0.1, 0.15) is 22.3 Å². The third-order valence-corrected chi connectivity index (χ3v) is 8.08. The molecular weight excluding hydrogens is 410 g/mol. The average Bonchev–Trinajstić information content (AvgIpc) is 3.24. The molecule has 3 heterocycles. The molecule has 2 aromatic heterocycles. The first-order valence-electron chi connectivity index (χ1n) is 8.44. The molecule has 28 heavy (non-hydrogen) atoms. The molecule has 3 aromatic rings. The fourth-order valence-corrected chi connectivity index (χ4v) is 5.96. The van der Waals surface area contributed by atoms with E-state index in [0.29, 0.717) is 10.4 Å². The van der Waals surface area contributed by atoms with Crippen LogP contribution >= 0.6 is 11.3 Å². The molecule has 1 saturated heterocycles. The van der Waals surface area contributed by atoms with E-state index in [4.69, 9.17) is 0 Å². The van der Waals surface area contributed by atoms with Gasteiger partial charge >= 0.3 is 0 Å². The molecule has 2 N–H and O–H groups in total. The van der Waals surface area contributed by atoms with Crippen molar-refractivity contribution in [2.75, 3.05) is 18.0 Å². The van der Waals surface area contributed by atoms with Gasteiger partial charge in [0.2, 0.25) is 0 Å². The first-order valence-corrected chi connectivity index (χ1v) is 10.9. The van der Waals surface area contributed by atoms with Crippen LogP contribution in [0.25, 0.3) is 10.8 Å². The second kappa shape index (κ2) is 6.94. The number of nitrogens with one attached hydrogen (secondary N) is 1. The van der Waals surface area contributed by atoms with Gasteiger partial charge < -0.3 is 15.0 Å². The highest BCUT2D eigenvalue weighted by Gasteiger charge is 2.32. The van der Waals surface area contributed by atoms with E-state index < -0.39 is 39.2 Å². The Morgan fingerprint density at radius 2 is 2.04 bits per heavy atom. The van der Waals surface area contributed by atoms with Gasteiger partial charge in [-0.25, -0.2) is 17.2 Å². The number of rotatable bonds is 4. The van der Waals surface area contributed by atoms with Gasteiger partial charge in [0.25, 0.3) is 5.56 Å². The molecule has 1 fully saturated rings. The van der Waals surface area contributed by atoms with Gasteiger partial charge in [-0.3, -0.25) is 4.79 Å². The molecule has 0 bridgehead atoms. The number of thiophene rings is 1. The van der Waals surface area contributed by atoms with Gasteiger partial charge in [-0.15, -0.1) is 11.3 Å². The van der Waals surface area contributed by atoms with Gasteiger partial charge in [-0.2, -0.15) is 0 Å². The van der Waals surface area contributed by atoms with E-state index in [1.165, 1.54) is 24.4 Å². The van der Waals surface area contributed by atoms with Crippen LogP contribution in [0.15, 0.2) is 45.5 Å². The number of fused-ring (bicyclic) bond motifs is 1. The highest BCUT2D eigenvalue weighted by molar-refractivity contribution is 7.92. The number of aromatic nitrogens is 1. The Morgan fingerprint density at radius 1 is 1.25 bits per heavy atom. The highest BCUT2D eigenvalue weighted by Crippen LogP contribution is 2.34. The summed E-state index contributed by atoms with van der Waals surface area (Å²) in [5, 5.41) is 10.6. The second-order valence-corrected chi connectivity index (χ2v) is 9.96. The quantitative estimate of drug-likeness (QED) is 0.668. The lowest BCUT2D eigenvalue weighted by atomic mass is 10.1. The molecule has 0 saturated carbocycles. The number of alkyl halides is 1. The first-order chi connectivity index (χ1) is 13.2. The standard InChI is InChI=1S/C18H16F2N2O4S2/c19-13-6-10-3-4-21-18(24)12(10)5-11(13)9-28(25,26)17-2-1-16(27-17)22-7-14(20)15(23)8-22/h1-6,14-15,23H,7-9H2,(H,21,24)/t14-,15-/m0/s1. The number of hydrogen-bond donors (Lipinski definition) is 2. The largest absolute Gasteiger partial charge is 0.388 e. The second-order valence-electron chi connectivity index (χ2n) is 6.68. The molecule has 0 unspecified atom stereocenters. The summed E-state index contributed by atoms with van der Waals surface area (Å²) >= 11 is 0.943. The number of aliphatic hydroxyl groups is 1. The van der Waals surface area contributed by atoms with Crippen LogP contribution in [0.2, 0.25) is 0 Å². The van der Waals surface area contributed by atoms with E-state index in [9.17, 15) is 27.1 Å². The number of H-pyrrole nitrogens is 1. The molecular formula is C18H16F2N2O4S2. The number of hydrogen-bond acceptors (Lipinski definition) is 6. The summed E-state index contributed by atoms with van der Waals surface area (Å²) in [7, 11) is -3.87. The number of nitrogens with zero attached hydrogens (tertiary/aromatic N) is 1. The number of halogens is 2. The molecule has 6 nitrogen and oxygen atoms in total. The Bertz CT molecular complexity index is 1200. The summed E-state index contributed by atoms with van der Waals surface area (Å²) in [6.45, 7) is 0.0759. The maximum atomic E-state index is 14.4. The zero-order valence-electron chi connectivity index (χ0n) is 14.4. The number of pyridine rings is 1. The van der Waals surface area contributed by atoms with Gasteiger partial charge in [0.05, 0.1) is 17.3 Å². The molecule has 1 aliphatic heterocycles. The van der Waals surface area contributed by atoms with Crippen LogP contribution in [0.3, 0.4) is 0 Å². The van der Waals surface area contributed by atoms with Gasteiger partial charge in [0, 0.05) is 23.7 Å². The molecule has 4 rings (SSSR count). The van der Waals surface area contributed by atoms with E-state index in [1.54, 1.807) is 11.0 Å².